The molecule has 9 heteroatoms. The highest BCUT2D eigenvalue weighted by molar-refractivity contribution is 7.21. The average molecular weight is 420 g/mol. The molecule has 3 aromatic rings. The van der Waals surface area contributed by atoms with E-state index in [1.165, 1.54) is 33.6 Å². The number of carbonyl (C=O) groups excluding carboxylic acids is 2. The van der Waals surface area contributed by atoms with Gasteiger partial charge in [0.1, 0.15) is 9.83 Å². The third kappa shape index (κ3) is 3.35. The van der Waals surface area contributed by atoms with Gasteiger partial charge in [0, 0.05) is 11.4 Å². The monoisotopic (exact) mass is 419 g/mol. The molecule has 0 spiro atoms. The van der Waals surface area contributed by atoms with E-state index >= 15 is 0 Å². The van der Waals surface area contributed by atoms with Crippen LogP contribution in [0.4, 0.5) is 5.00 Å². The SMILES string of the molecule is CCOC(=O)c1c(NC(=O)c2sc3ncn(CC)c(=O)c3c2C)sc(C)c1C. The minimum atomic E-state index is -0.458. The van der Waals surface area contributed by atoms with Gasteiger partial charge in [0.15, 0.2) is 0 Å². The van der Waals surface area contributed by atoms with Crippen molar-refractivity contribution in [3.8, 4) is 0 Å². The molecule has 0 atom stereocenters. The van der Waals surface area contributed by atoms with Crippen LogP contribution in [-0.4, -0.2) is 28.0 Å². The number of nitrogens with one attached hydrogen (secondary N) is 1. The molecule has 0 fully saturated rings. The number of hydrogen-bond donors (Lipinski definition) is 1. The van der Waals surface area contributed by atoms with E-state index in [4.69, 9.17) is 4.74 Å². The van der Waals surface area contributed by atoms with Crippen LogP contribution in [0, 0.1) is 20.8 Å². The summed E-state index contributed by atoms with van der Waals surface area (Å²) in [7, 11) is 0. The second-order valence-electron chi connectivity index (χ2n) is 6.23. The first-order chi connectivity index (χ1) is 13.3. The summed E-state index contributed by atoms with van der Waals surface area (Å²) in [4.78, 5) is 44.0. The fraction of sp³-hybridized carbons (Fsp3) is 0.368. The standard InChI is InChI=1S/C19H21N3O4S2/c1-6-22-8-20-16-12(18(22)24)10(4)14(28-16)15(23)21-17-13(19(25)26-7-2)9(3)11(5)27-17/h8H,6-7H2,1-5H3,(H,21,23). The molecule has 0 aromatic carbocycles. The fourth-order valence-electron chi connectivity index (χ4n) is 2.92. The molecule has 1 amide bonds. The average Bonchev–Trinajstić information content (AvgIpc) is 3.13. The van der Waals surface area contributed by atoms with Crippen molar-refractivity contribution < 1.29 is 14.3 Å². The summed E-state index contributed by atoms with van der Waals surface area (Å²) in [5.74, 6) is -0.824. The lowest BCUT2D eigenvalue weighted by atomic mass is 10.1. The molecule has 28 heavy (non-hydrogen) atoms. The van der Waals surface area contributed by atoms with Crippen molar-refractivity contribution in [3.05, 3.63) is 43.1 Å². The van der Waals surface area contributed by atoms with Gasteiger partial charge in [-0.15, -0.1) is 22.7 Å². The number of amides is 1. The smallest absolute Gasteiger partial charge is 0.341 e. The van der Waals surface area contributed by atoms with Gasteiger partial charge in [-0.2, -0.15) is 0 Å². The molecule has 0 aliphatic rings. The largest absolute Gasteiger partial charge is 0.462 e. The number of ether oxygens (including phenoxy) is 1. The number of hydrogen-bond acceptors (Lipinski definition) is 7. The lowest BCUT2D eigenvalue weighted by molar-refractivity contribution is 0.0527. The Hall–Kier alpha value is -2.52. The topological polar surface area (TPSA) is 90.3 Å². The Morgan fingerprint density at radius 2 is 1.89 bits per heavy atom. The van der Waals surface area contributed by atoms with Crippen molar-refractivity contribution in [1.29, 1.82) is 0 Å². The molecule has 0 bridgehead atoms. The van der Waals surface area contributed by atoms with E-state index < -0.39 is 5.97 Å². The van der Waals surface area contributed by atoms with Gasteiger partial charge in [0.25, 0.3) is 11.5 Å². The van der Waals surface area contributed by atoms with E-state index in [9.17, 15) is 14.4 Å². The highest BCUT2D eigenvalue weighted by Gasteiger charge is 2.25. The summed E-state index contributed by atoms with van der Waals surface area (Å²) >= 11 is 2.50. The third-order valence-electron chi connectivity index (χ3n) is 4.56. The quantitative estimate of drug-likeness (QED) is 0.634. The zero-order chi connectivity index (χ0) is 20.6. The van der Waals surface area contributed by atoms with Crippen molar-refractivity contribution in [2.75, 3.05) is 11.9 Å². The number of nitrogens with zero attached hydrogens (tertiary/aromatic N) is 2. The highest BCUT2D eigenvalue weighted by atomic mass is 32.1. The minimum absolute atomic E-state index is 0.157. The van der Waals surface area contributed by atoms with Crippen molar-refractivity contribution in [3.63, 3.8) is 0 Å². The third-order valence-corrected chi connectivity index (χ3v) is 6.88. The Morgan fingerprint density at radius 1 is 1.18 bits per heavy atom. The molecular formula is C19H21N3O4S2. The van der Waals surface area contributed by atoms with Gasteiger partial charge in [-0.05, 0) is 45.7 Å². The Balaban J connectivity index is 2.02. The van der Waals surface area contributed by atoms with Crippen LogP contribution in [0.15, 0.2) is 11.1 Å². The normalized spacial score (nSPS) is 11.0. The summed E-state index contributed by atoms with van der Waals surface area (Å²) in [6.45, 7) is 9.83. The van der Waals surface area contributed by atoms with Gasteiger partial charge in [-0.3, -0.25) is 14.2 Å². The fourth-order valence-corrected chi connectivity index (χ4v) is 5.00. The Labute approximate surface area is 170 Å². The van der Waals surface area contributed by atoms with Crippen LogP contribution in [0.2, 0.25) is 0 Å². The van der Waals surface area contributed by atoms with Crippen molar-refractivity contribution in [2.45, 2.75) is 41.2 Å². The number of fused-ring (bicyclic) bond motifs is 1. The van der Waals surface area contributed by atoms with Gasteiger partial charge in [0.05, 0.1) is 28.8 Å². The number of aryl methyl sites for hydroxylation is 3. The molecule has 148 valence electrons. The Morgan fingerprint density at radius 3 is 2.54 bits per heavy atom. The maximum atomic E-state index is 12.9. The van der Waals surface area contributed by atoms with Crippen LogP contribution in [-0.2, 0) is 11.3 Å². The zero-order valence-electron chi connectivity index (χ0n) is 16.3. The van der Waals surface area contributed by atoms with Crippen LogP contribution < -0.4 is 10.9 Å². The summed E-state index contributed by atoms with van der Waals surface area (Å²) in [5, 5.41) is 3.74. The number of rotatable bonds is 5. The number of carbonyl (C=O) groups is 2. The Bertz CT molecular complexity index is 1140. The van der Waals surface area contributed by atoms with Crippen LogP contribution in [0.5, 0.6) is 0 Å². The maximum Gasteiger partial charge on any atom is 0.341 e. The van der Waals surface area contributed by atoms with Crippen LogP contribution >= 0.6 is 22.7 Å². The molecule has 0 saturated heterocycles. The van der Waals surface area contributed by atoms with E-state index in [2.05, 4.69) is 10.3 Å². The summed E-state index contributed by atoms with van der Waals surface area (Å²) in [5.41, 5.74) is 1.61. The molecule has 0 aliphatic heterocycles. The van der Waals surface area contributed by atoms with Gasteiger partial charge >= 0.3 is 5.97 Å². The number of aromatic nitrogens is 2. The summed E-state index contributed by atoms with van der Waals surface area (Å²) in [6, 6.07) is 0. The number of anilines is 1. The van der Waals surface area contributed by atoms with Crippen LogP contribution in [0.25, 0.3) is 10.2 Å². The first kappa shape index (κ1) is 20.2. The summed E-state index contributed by atoms with van der Waals surface area (Å²) < 4.78 is 6.64. The first-order valence-corrected chi connectivity index (χ1v) is 10.5. The van der Waals surface area contributed by atoms with Gasteiger partial charge in [0.2, 0.25) is 0 Å². The molecule has 3 heterocycles. The summed E-state index contributed by atoms with van der Waals surface area (Å²) in [6.07, 6.45) is 1.49. The van der Waals surface area contributed by atoms with Crippen molar-refractivity contribution in [1.82, 2.24) is 9.55 Å². The molecule has 0 saturated carbocycles. The van der Waals surface area contributed by atoms with Crippen LogP contribution in [0.3, 0.4) is 0 Å². The highest BCUT2D eigenvalue weighted by Crippen LogP contribution is 2.34. The van der Waals surface area contributed by atoms with Crippen molar-refractivity contribution in [2.24, 2.45) is 0 Å². The lowest BCUT2D eigenvalue weighted by Gasteiger charge is -2.07. The van der Waals surface area contributed by atoms with Gasteiger partial charge in [-0.1, -0.05) is 0 Å². The van der Waals surface area contributed by atoms with E-state index in [0.717, 1.165) is 10.4 Å². The zero-order valence-corrected chi connectivity index (χ0v) is 18.0. The van der Waals surface area contributed by atoms with Gasteiger partial charge < -0.3 is 10.1 Å². The van der Waals surface area contributed by atoms with E-state index in [1.54, 1.807) is 13.8 Å². The molecule has 0 unspecified atom stereocenters. The maximum absolute atomic E-state index is 12.9. The molecule has 7 nitrogen and oxygen atoms in total. The second-order valence-corrected chi connectivity index (χ2v) is 8.46. The predicted molar refractivity (Wildman–Crippen MR) is 112 cm³/mol. The first-order valence-electron chi connectivity index (χ1n) is 8.87. The minimum Gasteiger partial charge on any atom is -0.462 e. The second kappa shape index (κ2) is 7.84. The molecule has 1 N–H and O–H groups in total. The van der Waals surface area contributed by atoms with Gasteiger partial charge in [-0.25, -0.2) is 9.78 Å². The molecule has 0 aliphatic carbocycles. The number of esters is 1. The molecule has 3 rings (SSSR count). The lowest BCUT2D eigenvalue weighted by Crippen LogP contribution is -2.19. The Kier molecular flexibility index (Phi) is 5.66. The van der Waals surface area contributed by atoms with E-state index in [0.29, 0.717) is 37.8 Å². The molecule has 0 radical (unpaired) electrons. The van der Waals surface area contributed by atoms with E-state index in [-0.39, 0.29) is 18.1 Å². The predicted octanol–water partition coefficient (Wildman–Crippen LogP) is 3.89. The number of thiophene rings is 2. The molecule has 3 aromatic heterocycles. The van der Waals surface area contributed by atoms with Crippen LogP contribution in [0.1, 0.15) is 49.9 Å². The van der Waals surface area contributed by atoms with Crippen molar-refractivity contribution >= 4 is 49.8 Å². The molecular weight excluding hydrogens is 398 g/mol. The van der Waals surface area contributed by atoms with E-state index in [1.807, 2.05) is 20.8 Å².